The molecule has 5 nitrogen and oxygen atoms in total. The number of nitrogens with zero attached hydrogens (tertiary/aromatic N) is 2. The zero-order chi connectivity index (χ0) is 22.9. The van der Waals surface area contributed by atoms with Crippen LogP contribution in [0.1, 0.15) is 45.3 Å². The molecule has 2 aromatic heterocycles. The number of carbonyl (C=O) groups excluding carboxylic acids is 1. The standard InChI is InChI=1S/C26H24N2O3S2/c1-16(29)18-11-12-21(31-2)19(13-18)15-32-26-27-24-23(20-9-6-10-22(20)33-24)25(30)28(26)14-17-7-4-3-5-8-17/h3-5,7-8,11-13H,6,9-10,14-15H2,1-2H3. The van der Waals surface area contributed by atoms with Crippen molar-refractivity contribution >= 4 is 39.1 Å². The van der Waals surface area contributed by atoms with Crippen molar-refractivity contribution in [2.45, 2.75) is 43.6 Å². The number of fused-ring (bicyclic) bond motifs is 3. The van der Waals surface area contributed by atoms with E-state index in [-0.39, 0.29) is 11.3 Å². The minimum Gasteiger partial charge on any atom is -0.496 e. The Balaban J connectivity index is 1.57. The second-order valence-electron chi connectivity index (χ2n) is 8.18. The predicted octanol–water partition coefficient (Wildman–Crippen LogP) is 5.50. The summed E-state index contributed by atoms with van der Waals surface area (Å²) in [7, 11) is 1.62. The molecule has 0 bridgehead atoms. The minimum atomic E-state index is 0.0116. The van der Waals surface area contributed by atoms with E-state index in [1.54, 1.807) is 36.0 Å². The summed E-state index contributed by atoms with van der Waals surface area (Å²) in [5.41, 5.74) is 3.85. The van der Waals surface area contributed by atoms with Gasteiger partial charge < -0.3 is 4.74 Å². The van der Waals surface area contributed by atoms with Crippen molar-refractivity contribution in [3.05, 3.63) is 86.0 Å². The summed E-state index contributed by atoms with van der Waals surface area (Å²) in [5, 5.41) is 1.48. The van der Waals surface area contributed by atoms with E-state index in [1.165, 1.54) is 22.2 Å². The van der Waals surface area contributed by atoms with E-state index in [0.717, 1.165) is 46.4 Å². The molecule has 1 aliphatic carbocycles. The number of aromatic nitrogens is 2. The molecule has 0 radical (unpaired) electrons. The van der Waals surface area contributed by atoms with E-state index < -0.39 is 0 Å². The monoisotopic (exact) mass is 476 g/mol. The number of thioether (sulfide) groups is 1. The summed E-state index contributed by atoms with van der Waals surface area (Å²) in [6.07, 6.45) is 3.10. The lowest BCUT2D eigenvalue weighted by Gasteiger charge is -2.14. The molecule has 1 aliphatic rings. The van der Waals surface area contributed by atoms with Gasteiger partial charge in [0.05, 0.1) is 19.0 Å². The SMILES string of the molecule is COc1ccc(C(C)=O)cc1CSc1nc2sc3c(c2c(=O)n1Cc1ccccc1)CCC3. The lowest BCUT2D eigenvalue weighted by atomic mass is 10.1. The highest BCUT2D eigenvalue weighted by atomic mass is 32.2. The van der Waals surface area contributed by atoms with Crippen molar-refractivity contribution in [1.82, 2.24) is 9.55 Å². The molecule has 7 heteroatoms. The Morgan fingerprint density at radius 3 is 2.76 bits per heavy atom. The molecule has 33 heavy (non-hydrogen) atoms. The fourth-order valence-corrected chi connectivity index (χ4v) is 6.61. The summed E-state index contributed by atoms with van der Waals surface area (Å²) in [6, 6.07) is 15.5. The fourth-order valence-electron chi connectivity index (χ4n) is 4.33. The Hall–Kier alpha value is -2.90. The van der Waals surface area contributed by atoms with Crippen molar-refractivity contribution in [2.75, 3.05) is 7.11 Å². The van der Waals surface area contributed by atoms with Crippen molar-refractivity contribution in [3.8, 4) is 5.75 Å². The van der Waals surface area contributed by atoms with Crippen LogP contribution in [0.2, 0.25) is 0 Å². The van der Waals surface area contributed by atoms with E-state index in [2.05, 4.69) is 0 Å². The average molecular weight is 477 g/mol. The molecule has 0 atom stereocenters. The first-order valence-electron chi connectivity index (χ1n) is 10.9. The molecule has 0 N–H and O–H groups in total. The fraction of sp³-hybridized carbons (Fsp3) is 0.269. The van der Waals surface area contributed by atoms with E-state index in [1.807, 2.05) is 42.5 Å². The second-order valence-corrected chi connectivity index (χ2v) is 10.2. The Morgan fingerprint density at radius 2 is 2.00 bits per heavy atom. The number of ether oxygens (including phenoxy) is 1. The first kappa shape index (κ1) is 21.9. The van der Waals surface area contributed by atoms with Crippen LogP contribution in [0.3, 0.4) is 0 Å². The van der Waals surface area contributed by atoms with Crippen molar-refractivity contribution in [3.63, 3.8) is 0 Å². The molecule has 0 fully saturated rings. The van der Waals surface area contributed by atoms with Crippen molar-refractivity contribution in [2.24, 2.45) is 0 Å². The van der Waals surface area contributed by atoms with Crippen LogP contribution in [0.5, 0.6) is 5.75 Å². The van der Waals surface area contributed by atoms with Crippen LogP contribution in [0, 0.1) is 0 Å². The largest absolute Gasteiger partial charge is 0.496 e. The minimum absolute atomic E-state index is 0.0116. The van der Waals surface area contributed by atoms with E-state index in [4.69, 9.17) is 9.72 Å². The van der Waals surface area contributed by atoms with Crippen LogP contribution in [-0.4, -0.2) is 22.4 Å². The van der Waals surface area contributed by atoms with Gasteiger partial charge in [0.2, 0.25) is 0 Å². The molecular formula is C26H24N2O3S2. The first-order valence-corrected chi connectivity index (χ1v) is 12.7. The lowest BCUT2D eigenvalue weighted by molar-refractivity contribution is 0.101. The van der Waals surface area contributed by atoms with Gasteiger partial charge in [-0.25, -0.2) is 4.98 Å². The van der Waals surface area contributed by atoms with Gasteiger partial charge >= 0.3 is 0 Å². The number of Topliss-reactive ketones (excluding diaryl/α,β-unsaturated/α-hetero) is 1. The van der Waals surface area contributed by atoms with Crippen LogP contribution < -0.4 is 10.3 Å². The van der Waals surface area contributed by atoms with Gasteiger partial charge in [0.25, 0.3) is 5.56 Å². The number of hydrogen-bond acceptors (Lipinski definition) is 6. The quantitative estimate of drug-likeness (QED) is 0.200. The third-order valence-electron chi connectivity index (χ3n) is 6.02. The average Bonchev–Trinajstić information content (AvgIpc) is 3.41. The molecule has 0 amide bonds. The van der Waals surface area contributed by atoms with E-state index in [9.17, 15) is 9.59 Å². The smallest absolute Gasteiger partial charge is 0.263 e. The van der Waals surface area contributed by atoms with E-state index >= 15 is 0 Å². The molecule has 2 aromatic carbocycles. The summed E-state index contributed by atoms with van der Waals surface area (Å²) in [6.45, 7) is 2.03. The third-order valence-corrected chi connectivity index (χ3v) is 8.23. The molecule has 4 aromatic rings. The Labute approximate surface area is 200 Å². The number of benzene rings is 2. The number of hydrogen-bond donors (Lipinski definition) is 0. The summed E-state index contributed by atoms with van der Waals surface area (Å²) < 4.78 is 7.32. The number of thiophene rings is 1. The molecule has 168 valence electrons. The number of ketones is 1. The Bertz CT molecular complexity index is 1410. The van der Waals surface area contributed by atoms with Crippen LogP contribution in [0.4, 0.5) is 0 Å². The summed E-state index contributed by atoms with van der Waals surface area (Å²) in [4.78, 5) is 32.7. The topological polar surface area (TPSA) is 61.2 Å². The van der Waals surface area contributed by atoms with E-state index in [0.29, 0.717) is 23.0 Å². The first-order chi connectivity index (χ1) is 16.0. The molecule has 0 aliphatic heterocycles. The molecule has 2 heterocycles. The number of methoxy groups -OCH3 is 1. The Morgan fingerprint density at radius 1 is 1.18 bits per heavy atom. The number of aryl methyl sites for hydroxylation is 2. The zero-order valence-corrected chi connectivity index (χ0v) is 20.2. The van der Waals surface area contributed by atoms with Crippen molar-refractivity contribution in [1.29, 1.82) is 0 Å². The molecule has 0 unspecified atom stereocenters. The Kier molecular flexibility index (Phi) is 6.08. The predicted molar refractivity (Wildman–Crippen MR) is 134 cm³/mol. The molecule has 0 spiro atoms. The zero-order valence-electron chi connectivity index (χ0n) is 18.6. The number of carbonyl (C=O) groups is 1. The van der Waals surface area contributed by atoms with Crippen LogP contribution in [-0.2, 0) is 25.1 Å². The molecule has 5 rings (SSSR count). The normalized spacial score (nSPS) is 12.8. The molecule has 0 saturated heterocycles. The second kappa shape index (κ2) is 9.15. The highest BCUT2D eigenvalue weighted by molar-refractivity contribution is 7.98. The van der Waals surface area contributed by atoms with Gasteiger partial charge in [-0.05, 0) is 55.5 Å². The molecule has 0 saturated carbocycles. The van der Waals surface area contributed by atoms with Crippen LogP contribution >= 0.6 is 23.1 Å². The van der Waals surface area contributed by atoms with Gasteiger partial charge in [0, 0.05) is 21.8 Å². The van der Waals surface area contributed by atoms with Crippen LogP contribution in [0.15, 0.2) is 58.5 Å². The van der Waals surface area contributed by atoms with Gasteiger partial charge in [-0.15, -0.1) is 11.3 Å². The van der Waals surface area contributed by atoms with Gasteiger partial charge in [-0.1, -0.05) is 42.1 Å². The van der Waals surface area contributed by atoms with Gasteiger partial charge in [0.1, 0.15) is 10.6 Å². The maximum absolute atomic E-state index is 13.7. The maximum Gasteiger partial charge on any atom is 0.263 e. The van der Waals surface area contributed by atoms with Crippen molar-refractivity contribution < 1.29 is 9.53 Å². The number of rotatable bonds is 7. The van der Waals surface area contributed by atoms with Gasteiger partial charge in [-0.3, -0.25) is 14.2 Å². The summed E-state index contributed by atoms with van der Waals surface area (Å²) >= 11 is 3.16. The maximum atomic E-state index is 13.7. The third kappa shape index (κ3) is 4.23. The van der Waals surface area contributed by atoms with Gasteiger partial charge in [0.15, 0.2) is 10.9 Å². The lowest BCUT2D eigenvalue weighted by Crippen LogP contribution is -2.24. The van der Waals surface area contributed by atoms with Crippen LogP contribution in [0.25, 0.3) is 10.2 Å². The summed E-state index contributed by atoms with van der Waals surface area (Å²) in [5.74, 6) is 1.28. The molecular weight excluding hydrogens is 452 g/mol. The highest BCUT2D eigenvalue weighted by Gasteiger charge is 2.23. The highest BCUT2D eigenvalue weighted by Crippen LogP contribution is 2.36. The van der Waals surface area contributed by atoms with Gasteiger partial charge in [-0.2, -0.15) is 0 Å².